The Hall–Kier alpha value is -4.15. The second-order valence-electron chi connectivity index (χ2n) is 6.72. The van der Waals surface area contributed by atoms with Crippen LogP contribution in [0.25, 0.3) is 11.3 Å². The highest BCUT2D eigenvalue weighted by Gasteiger charge is 2.31. The lowest BCUT2D eigenvalue weighted by Gasteiger charge is -2.10. The SMILES string of the molecule is C=C(C)c1nn(-c2ccc(C(=O)Nc3cc(C(F)(F)F)ccn3)cc2)c(C(=O)OC)c1N. The Kier molecular flexibility index (Phi) is 6.01. The number of nitrogens with zero attached hydrogens (tertiary/aromatic N) is 3. The van der Waals surface area contributed by atoms with Crippen LogP contribution in [-0.4, -0.2) is 33.8 Å². The third-order valence-electron chi connectivity index (χ3n) is 4.41. The van der Waals surface area contributed by atoms with Gasteiger partial charge in [0.25, 0.3) is 5.91 Å². The van der Waals surface area contributed by atoms with Crippen LogP contribution in [0.4, 0.5) is 24.7 Å². The Morgan fingerprint density at radius 3 is 2.41 bits per heavy atom. The monoisotopic (exact) mass is 445 g/mol. The minimum Gasteiger partial charge on any atom is -0.464 e. The number of hydrogen-bond donors (Lipinski definition) is 2. The molecule has 0 bridgehead atoms. The standard InChI is InChI=1S/C21H18F3N5O3/c1-11(2)17-16(25)18(20(31)32-3)29(28-17)14-6-4-12(5-7-14)19(30)27-15-10-13(8-9-26-15)21(22,23)24/h4-10H,1,25H2,2-3H3,(H,26,27,30). The van der Waals surface area contributed by atoms with E-state index >= 15 is 0 Å². The predicted octanol–water partition coefficient (Wildman–Crippen LogP) is 3.94. The van der Waals surface area contributed by atoms with Crippen molar-refractivity contribution in [3.63, 3.8) is 0 Å². The molecule has 0 aliphatic heterocycles. The van der Waals surface area contributed by atoms with Gasteiger partial charge in [-0.2, -0.15) is 18.3 Å². The molecule has 0 radical (unpaired) electrons. The van der Waals surface area contributed by atoms with Gasteiger partial charge < -0.3 is 15.8 Å². The summed E-state index contributed by atoms with van der Waals surface area (Å²) in [7, 11) is 1.20. The van der Waals surface area contributed by atoms with Gasteiger partial charge in [0.05, 0.1) is 24.0 Å². The Bertz CT molecular complexity index is 1200. The summed E-state index contributed by atoms with van der Waals surface area (Å²) < 4.78 is 44.5. The average Bonchev–Trinajstić information content (AvgIpc) is 3.10. The van der Waals surface area contributed by atoms with Gasteiger partial charge >= 0.3 is 12.1 Å². The molecule has 0 saturated heterocycles. The zero-order valence-corrected chi connectivity index (χ0v) is 17.0. The number of nitrogens with two attached hydrogens (primary N) is 1. The first-order valence-electron chi connectivity index (χ1n) is 9.10. The fourth-order valence-electron chi connectivity index (χ4n) is 2.84. The molecule has 2 aromatic heterocycles. The number of rotatable bonds is 5. The number of ether oxygens (including phenoxy) is 1. The van der Waals surface area contributed by atoms with Gasteiger partial charge in [-0.1, -0.05) is 6.58 Å². The van der Waals surface area contributed by atoms with Gasteiger partial charge in [-0.15, -0.1) is 0 Å². The molecule has 1 aromatic carbocycles. The number of esters is 1. The number of allylic oxidation sites excluding steroid dienone is 1. The summed E-state index contributed by atoms with van der Waals surface area (Å²) in [5, 5.41) is 6.62. The Balaban J connectivity index is 1.89. The fourth-order valence-corrected chi connectivity index (χ4v) is 2.84. The topological polar surface area (TPSA) is 112 Å². The predicted molar refractivity (Wildman–Crippen MR) is 111 cm³/mol. The van der Waals surface area contributed by atoms with Gasteiger partial charge in [0.15, 0.2) is 5.69 Å². The molecule has 3 rings (SSSR count). The summed E-state index contributed by atoms with van der Waals surface area (Å²) in [5.41, 5.74) is 6.60. The number of methoxy groups -OCH3 is 1. The number of alkyl halides is 3. The van der Waals surface area contributed by atoms with Crippen LogP contribution in [0.15, 0.2) is 49.2 Å². The highest BCUT2D eigenvalue weighted by atomic mass is 19.4. The minimum atomic E-state index is -4.56. The van der Waals surface area contributed by atoms with Crippen molar-refractivity contribution in [1.29, 1.82) is 0 Å². The first-order valence-corrected chi connectivity index (χ1v) is 9.10. The second-order valence-corrected chi connectivity index (χ2v) is 6.72. The molecule has 3 N–H and O–H groups in total. The normalized spacial score (nSPS) is 11.2. The third kappa shape index (κ3) is 4.46. The number of carbonyl (C=O) groups excluding carboxylic acids is 2. The van der Waals surface area contributed by atoms with E-state index in [1.54, 1.807) is 6.92 Å². The summed E-state index contributed by atoms with van der Waals surface area (Å²) in [6.07, 6.45) is -3.60. The number of carbonyl (C=O) groups is 2. The van der Waals surface area contributed by atoms with E-state index in [9.17, 15) is 22.8 Å². The second kappa shape index (κ2) is 8.53. The molecule has 0 fully saturated rings. The highest BCUT2D eigenvalue weighted by molar-refractivity contribution is 6.04. The lowest BCUT2D eigenvalue weighted by molar-refractivity contribution is -0.137. The number of nitrogens with one attached hydrogen (secondary N) is 1. The van der Waals surface area contributed by atoms with E-state index in [1.807, 2.05) is 0 Å². The van der Waals surface area contributed by atoms with Gasteiger partial charge in [-0.05, 0) is 48.9 Å². The molecule has 0 unspecified atom stereocenters. The number of nitrogen functional groups attached to an aromatic ring is 1. The third-order valence-corrected chi connectivity index (χ3v) is 4.41. The van der Waals surface area contributed by atoms with Gasteiger partial charge in [0.1, 0.15) is 11.5 Å². The van der Waals surface area contributed by atoms with Crippen molar-refractivity contribution in [3.8, 4) is 5.69 Å². The molecule has 166 valence electrons. The molecule has 0 aliphatic rings. The molecule has 8 nitrogen and oxygen atoms in total. The summed E-state index contributed by atoms with van der Waals surface area (Å²) in [6, 6.07) is 7.36. The summed E-state index contributed by atoms with van der Waals surface area (Å²) in [6.45, 7) is 5.46. The molecule has 0 saturated carbocycles. The zero-order chi connectivity index (χ0) is 23.6. The molecule has 1 amide bonds. The van der Waals surface area contributed by atoms with Gasteiger partial charge in [0, 0.05) is 11.8 Å². The lowest BCUT2D eigenvalue weighted by atomic mass is 10.1. The molecule has 0 spiro atoms. The van der Waals surface area contributed by atoms with E-state index in [0.717, 1.165) is 18.3 Å². The molecular formula is C21H18F3N5O3. The summed E-state index contributed by atoms with van der Waals surface area (Å²) in [4.78, 5) is 28.4. The Morgan fingerprint density at radius 1 is 1.19 bits per heavy atom. The van der Waals surface area contributed by atoms with Crippen LogP contribution >= 0.6 is 0 Å². The maximum Gasteiger partial charge on any atom is 0.416 e. The van der Waals surface area contributed by atoms with Crippen molar-refractivity contribution in [3.05, 3.63) is 71.7 Å². The number of anilines is 2. The van der Waals surface area contributed by atoms with Crippen LogP contribution in [0.1, 0.15) is 39.0 Å². The van der Waals surface area contributed by atoms with Crippen molar-refractivity contribution in [1.82, 2.24) is 14.8 Å². The van der Waals surface area contributed by atoms with Crippen LogP contribution in [0.3, 0.4) is 0 Å². The van der Waals surface area contributed by atoms with Gasteiger partial charge in [-0.3, -0.25) is 4.79 Å². The van der Waals surface area contributed by atoms with Crippen LogP contribution in [-0.2, 0) is 10.9 Å². The fraction of sp³-hybridized carbons (Fsp3) is 0.143. The first-order chi connectivity index (χ1) is 15.0. The molecule has 3 aromatic rings. The maximum atomic E-state index is 12.8. The molecular weight excluding hydrogens is 427 g/mol. The number of halogens is 3. The van der Waals surface area contributed by atoms with Gasteiger partial charge in [0.2, 0.25) is 0 Å². The quantitative estimate of drug-likeness (QED) is 0.576. The largest absolute Gasteiger partial charge is 0.464 e. The number of amides is 1. The Labute approximate surface area is 180 Å². The van der Waals surface area contributed by atoms with E-state index in [0.29, 0.717) is 17.0 Å². The smallest absolute Gasteiger partial charge is 0.416 e. The maximum absolute atomic E-state index is 12.8. The van der Waals surface area contributed by atoms with Crippen LogP contribution in [0.2, 0.25) is 0 Å². The number of aromatic nitrogens is 3. The molecule has 0 aliphatic carbocycles. The lowest BCUT2D eigenvalue weighted by Crippen LogP contribution is -2.15. The van der Waals surface area contributed by atoms with Crippen molar-refractivity contribution >= 4 is 29.0 Å². The number of benzene rings is 1. The van der Waals surface area contributed by atoms with E-state index in [1.165, 1.54) is 36.1 Å². The van der Waals surface area contributed by atoms with Crippen LogP contribution < -0.4 is 11.1 Å². The number of pyridine rings is 1. The van der Waals surface area contributed by atoms with Crippen molar-refractivity contribution in [2.45, 2.75) is 13.1 Å². The molecule has 2 heterocycles. The Morgan fingerprint density at radius 2 is 1.84 bits per heavy atom. The van der Waals surface area contributed by atoms with Crippen LogP contribution in [0, 0.1) is 0 Å². The van der Waals surface area contributed by atoms with E-state index < -0.39 is 23.6 Å². The summed E-state index contributed by atoms with van der Waals surface area (Å²) in [5.74, 6) is -1.62. The van der Waals surface area contributed by atoms with Crippen molar-refractivity contribution < 1.29 is 27.5 Å². The van der Waals surface area contributed by atoms with Crippen molar-refractivity contribution in [2.75, 3.05) is 18.2 Å². The average molecular weight is 445 g/mol. The minimum absolute atomic E-state index is 0.00383. The molecule has 32 heavy (non-hydrogen) atoms. The van der Waals surface area contributed by atoms with E-state index in [-0.39, 0.29) is 22.8 Å². The van der Waals surface area contributed by atoms with E-state index in [2.05, 4.69) is 22.0 Å². The first kappa shape index (κ1) is 22.5. The number of hydrogen-bond acceptors (Lipinski definition) is 6. The van der Waals surface area contributed by atoms with E-state index in [4.69, 9.17) is 10.5 Å². The summed E-state index contributed by atoms with van der Waals surface area (Å²) >= 11 is 0. The van der Waals surface area contributed by atoms with Crippen LogP contribution in [0.5, 0.6) is 0 Å². The van der Waals surface area contributed by atoms with Gasteiger partial charge in [-0.25, -0.2) is 14.5 Å². The molecule has 11 heteroatoms. The molecule has 0 atom stereocenters. The van der Waals surface area contributed by atoms with Crippen molar-refractivity contribution in [2.24, 2.45) is 0 Å². The zero-order valence-electron chi connectivity index (χ0n) is 17.0. The highest BCUT2D eigenvalue weighted by Crippen LogP contribution is 2.30.